The molecular weight excluding hydrogens is 254 g/mol. The van der Waals surface area contributed by atoms with E-state index < -0.39 is 0 Å². The number of hydrogen-bond donors (Lipinski definition) is 1. The summed E-state index contributed by atoms with van der Waals surface area (Å²) in [4.78, 5) is 0. The molecule has 3 rings (SSSR count). The summed E-state index contributed by atoms with van der Waals surface area (Å²) in [6.45, 7) is 4.46. The number of hydrogen-bond acceptors (Lipinski definition) is 1. The van der Waals surface area contributed by atoms with Gasteiger partial charge in [0.15, 0.2) is 0 Å². The second-order valence-electron chi connectivity index (χ2n) is 6.13. The van der Waals surface area contributed by atoms with Crippen molar-refractivity contribution in [3.8, 4) is 0 Å². The molecule has 2 aromatic rings. The average molecular weight is 275 g/mol. The standard InChI is InChI=1S/C20H21N/c1-20(2)18(21)14-13-17(15-9-5-3-6-10-15)19(20)16-11-7-4-8-12-16/h3-14,18H,21H2,1-2H3. The molecule has 1 unspecified atom stereocenters. The van der Waals surface area contributed by atoms with Crippen molar-refractivity contribution < 1.29 is 0 Å². The molecule has 0 amide bonds. The van der Waals surface area contributed by atoms with E-state index in [0.29, 0.717) is 0 Å². The quantitative estimate of drug-likeness (QED) is 0.856. The van der Waals surface area contributed by atoms with Crippen LogP contribution < -0.4 is 5.73 Å². The van der Waals surface area contributed by atoms with E-state index in [1.807, 2.05) is 0 Å². The third kappa shape index (κ3) is 2.45. The normalized spacial score (nSPS) is 20.6. The third-order valence-electron chi connectivity index (χ3n) is 4.36. The van der Waals surface area contributed by atoms with E-state index in [9.17, 15) is 0 Å². The summed E-state index contributed by atoms with van der Waals surface area (Å²) >= 11 is 0. The highest BCUT2D eigenvalue weighted by molar-refractivity contribution is 5.99. The van der Waals surface area contributed by atoms with Crippen LogP contribution in [0.2, 0.25) is 0 Å². The summed E-state index contributed by atoms with van der Waals surface area (Å²) in [5.41, 5.74) is 11.4. The van der Waals surface area contributed by atoms with Gasteiger partial charge in [-0.1, -0.05) is 86.7 Å². The fourth-order valence-electron chi connectivity index (χ4n) is 3.03. The zero-order valence-electron chi connectivity index (χ0n) is 12.6. The monoisotopic (exact) mass is 275 g/mol. The predicted octanol–water partition coefficient (Wildman–Crippen LogP) is 4.52. The van der Waals surface area contributed by atoms with Crippen molar-refractivity contribution in [1.82, 2.24) is 0 Å². The Morgan fingerprint density at radius 2 is 1.33 bits per heavy atom. The topological polar surface area (TPSA) is 26.0 Å². The van der Waals surface area contributed by atoms with Gasteiger partial charge in [0.2, 0.25) is 0 Å². The van der Waals surface area contributed by atoms with E-state index in [2.05, 4.69) is 86.7 Å². The maximum Gasteiger partial charge on any atom is 0.0320 e. The second-order valence-corrected chi connectivity index (χ2v) is 6.13. The van der Waals surface area contributed by atoms with Gasteiger partial charge in [0.25, 0.3) is 0 Å². The fourth-order valence-corrected chi connectivity index (χ4v) is 3.03. The van der Waals surface area contributed by atoms with Crippen LogP contribution >= 0.6 is 0 Å². The second kappa shape index (κ2) is 5.34. The lowest BCUT2D eigenvalue weighted by atomic mass is 9.69. The van der Waals surface area contributed by atoms with Gasteiger partial charge in [0, 0.05) is 11.5 Å². The minimum Gasteiger partial charge on any atom is -0.324 e. The van der Waals surface area contributed by atoms with E-state index in [0.717, 1.165) is 0 Å². The molecule has 0 saturated carbocycles. The van der Waals surface area contributed by atoms with E-state index >= 15 is 0 Å². The van der Waals surface area contributed by atoms with Crippen LogP contribution in [0.15, 0.2) is 72.8 Å². The van der Waals surface area contributed by atoms with E-state index in [4.69, 9.17) is 5.73 Å². The van der Waals surface area contributed by atoms with Gasteiger partial charge in [-0.2, -0.15) is 0 Å². The molecule has 0 saturated heterocycles. The van der Waals surface area contributed by atoms with E-state index in [1.165, 1.54) is 22.3 Å². The summed E-state index contributed by atoms with van der Waals surface area (Å²) in [6.07, 6.45) is 4.29. The molecule has 0 aliphatic heterocycles. The van der Waals surface area contributed by atoms with E-state index in [-0.39, 0.29) is 11.5 Å². The Hall–Kier alpha value is -2.12. The number of rotatable bonds is 2. The molecular formula is C20H21N. The molecule has 106 valence electrons. The van der Waals surface area contributed by atoms with Crippen molar-refractivity contribution >= 4 is 11.1 Å². The average Bonchev–Trinajstić information content (AvgIpc) is 2.51. The minimum atomic E-state index is -0.0960. The van der Waals surface area contributed by atoms with E-state index in [1.54, 1.807) is 0 Å². The van der Waals surface area contributed by atoms with Crippen molar-refractivity contribution in [2.45, 2.75) is 19.9 Å². The summed E-state index contributed by atoms with van der Waals surface area (Å²) in [5, 5.41) is 0. The smallest absolute Gasteiger partial charge is 0.0320 e. The molecule has 1 aliphatic carbocycles. The van der Waals surface area contributed by atoms with Crippen molar-refractivity contribution in [3.63, 3.8) is 0 Å². The molecule has 1 atom stereocenters. The zero-order chi connectivity index (χ0) is 14.9. The van der Waals surface area contributed by atoms with Gasteiger partial charge < -0.3 is 5.73 Å². The molecule has 2 N–H and O–H groups in total. The Balaban J connectivity index is 2.27. The first kappa shape index (κ1) is 13.8. The maximum atomic E-state index is 6.36. The van der Waals surface area contributed by atoms with Gasteiger partial charge in [-0.15, -0.1) is 0 Å². The summed E-state index contributed by atoms with van der Waals surface area (Å²) in [5.74, 6) is 0. The third-order valence-corrected chi connectivity index (χ3v) is 4.36. The molecule has 0 heterocycles. The van der Waals surface area contributed by atoms with Gasteiger partial charge >= 0.3 is 0 Å². The molecule has 1 heteroatoms. The molecule has 2 aromatic carbocycles. The molecule has 1 aliphatic rings. The lowest BCUT2D eigenvalue weighted by molar-refractivity contribution is 0.440. The SMILES string of the molecule is CC1(C)C(c2ccccc2)=C(c2ccccc2)C=CC1N. The number of benzene rings is 2. The Bertz CT molecular complexity index is 678. The van der Waals surface area contributed by atoms with Crippen LogP contribution in [0.4, 0.5) is 0 Å². The molecule has 0 aromatic heterocycles. The highest BCUT2D eigenvalue weighted by Crippen LogP contribution is 2.45. The highest BCUT2D eigenvalue weighted by Gasteiger charge is 2.34. The summed E-state index contributed by atoms with van der Waals surface area (Å²) < 4.78 is 0. The van der Waals surface area contributed by atoms with Crippen LogP contribution in [0.25, 0.3) is 11.1 Å². The minimum absolute atomic E-state index is 0.0279. The molecule has 0 fully saturated rings. The van der Waals surface area contributed by atoms with Crippen molar-refractivity contribution in [2.24, 2.45) is 11.1 Å². The Kier molecular flexibility index (Phi) is 3.52. The molecule has 0 radical (unpaired) electrons. The van der Waals surface area contributed by atoms with Gasteiger partial charge in [-0.25, -0.2) is 0 Å². The van der Waals surface area contributed by atoms with Gasteiger partial charge in [-0.3, -0.25) is 0 Å². The predicted molar refractivity (Wildman–Crippen MR) is 90.6 cm³/mol. The summed E-state index contributed by atoms with van der Waals surface area (Å²) in [6, 6.07) is 21.1. The van der Waals surface area contributed by atoms with Crippen LogP contribution in [-0.4, -0.2) is 6.04 Å². The van der Waals surface area contributed by atoms with Crippen LogP contribution in [0.5, 0.6) is 0 Å². The van der Waals surface area contributed by atoms with Crippen LogP contribution in [-0.2, 0) is 0 Å². The first-order valence-electron chi connectivity index (χ1n) is 7.40. The van der Waals surface area contributed by atoms with Crippen LogP contribution in [0.3, 0.4) is 0 Å². The Morgan fingerprint density at radius 3 is 1.90 bits per heavy atom. The first-order chi connectivity index (χ1) is 10.1. The number of nitrogens with two attached hydrogens (primary N) is 1. The maximum absolute atomic E-state index is 6.36. The largest absolute Gasteiger partial charge is 0.324 e. The highest BCUT2D eigenvalue weighted by atomic mass is 14.7. The summed E-state index contributed by atoms with van der Waals surface area (Å²) in [7, 11) is 0. The lowest BCUT2D eigenvalue weighted by Gasteiger charge is -2.37. The van der Waals surface area contributed by atoms with Crippen molar-refractivity contribution in [3.05, 3.63) is 83.9 Å². The molecule has 21 heavy (non-hydrogen) atoms. The van der Waals surface area contributed by atoms with Crippen molar-refractivity contribution in [2.75, 3.05) is 0 Å². The van der Waals surface area contributed by atoms with Gasteiger partial charge in [-0.05, 0) is 22.3 Å². The molecule has 0 bridgehead atoms. The van der Waals surface area contributed by atoms with Crippen LogP contribution in [0, 0.1) is 5.41 Å². The van der Waals surface area contributed by atoms with Gasteiger partial charge in [0.1, 0.15) is 0 Å². The van der Waals surface area contributed by atoms with Crippen molar-refractivity contribution in [1.29, 1.82) is 0 Å². The zero-order valence-corrected chi connectivity index (χ0v) is 12.6. The molecule has 0 spiro atoms. The van der Waals surface area contributed by atoms with Gasteiger partial charge in [0.05, 0.1) is 0 Å². The molecule has 1 nitrogen and oxygen atoms in total. The fraction of sp³-hybridized carbons (Fsp3) is 0.200. The van der Waals surface area contributed by atoms with Crippen LogP contribution in [0.1, 0.15) is 25.0 Å². The Morgan fingerprint density at radius 1 is 0.810 bits per heavy atom. The Labute approximate surface area is 126 Å². The lowest BCUT2D eigenvalue weighted by Crippen LogP contribution is -2.38. The number of allylic oxidation sites excluding steroid dienone is 2. The first-order valence-corrected chi connectivity index (χ1v) is 7.40.